The second-order valence-electron chi connectivity index (χ2n) is 11.6. The zero-order valence-corrected chi connectivity index (χ0v) is 23.4. The van der Waals surface area contributed by atoms with Crippen LogP contribution in [0.2, 0.25) is 0 Å². The Morgan fingerprint density at radius 3 is 2.65 bits per heavy atom. The van der Waals surface area contributed by atoms with Gasteiger partial charge in [0.15, 0.2) is 0 Å². The summed E-state index contributed by atoms with van der Waals surface area (Å²) in [6.45, 7) is 6.80. The number of amides is 3. The summed E-state index contributed by atoms with van der Waals surface area (Å²) in [7, 11) is 0. The molecular formula is C25H35N9O5S. The molecule has 0 aromatic carbocycles. The highest BCUT2D eigenvalue weighted by Crippen LogP contribution is 2.52. The third kappa shape index (κ3) is 4.67. The zero-order valence-electron chi connectivity index (χ0n) is 22.6. The first kappa shape index (κ1) is 27.1. The summed E-state index contributed by atoms with van der Waals surface area (Å²) < 4.78 is 1.29. The molecule has 1 spiro atoms. The molecule has 40 heavy (non-hydrogen) atoms. The third-order valence-electron chi connectivity index (χ3n) is 9.23. The SMILES string of the molecule is CC(NC(=O)Cn1cnnn1)[C@H]1C(=O)N2C(C(=O)O)=C(S[C@@H]3CN[C@H](C(=O)N4CCC5(CCN5)CC4)C3)[C@H](C)[C@H]12. The average Bonchev–Trinajstić information content (AvgIpc) is 3.63. The molecule has 0 radical (unpaired) electrons. The highest BCUT2D eigenvalue weighted by molar-refractivity contribution is 8.03. The van der Waals surface area contributed by atoms with Crippen LogP contribution in [0.3, 0.4) is 0 Å². The minimum atomic E-state index is -1.13. The predicted molar refractivity (Wildman–Crippen MR) is 142 cm³/mol. The Morgan fingerprint density at radius 1 is 1.27 bits per heavy atom. The van der Waals surface area contributed by atoms with E-state index in [0.717, 1.165) is 32.5 Å². The number of fused-ring (bicyclic) bond motifs is 1. The number of hydrogen-bond acceptors (Lipinski definition) is 10. The number of carboxylic acid groups (broad SMARTS) is 1. The van der Waals surface area contributed by atoms with Crippen LogP contribution in [0.25, 0.3) is 0 Å². The Kier molecular flexibility index (Phi) is 7.07. The quantitative estimate of drug-likeness (QED) is 0.274. The number of nitrogens with zero attached hydrogens (tertiary/aromatic N) is 6. The first-order chi connectivity index (χ1) is 19.2. The molecule has 1 aromatic rings. The molecule has 216 valence electrons. The van der Waals surface area contributed by atoms with Crippen molar-refractivity contribution in [2.75, 3.05) is 26.2 Å². The number of carbonyl (C=O) groups excluding carboxylic acids is 3. The lowest BCUT2D eigenvalue weighted by atomic mass is 9.78. The smallest absolute Gasteiger partial charge is 0.353 e. The molecule has 5 aliphatic heterocycles. The standard InChI is InChI=1S/C25H35N9O5S/c1-13-19-18(14(2)29-17(35)11-33-12-28-30-31-33)23(37)34(19)20(24(38)39)21(13)40-15-9-16(26-10-15)22(36)32-7-4-25(5-8-32)3-6-27-25/h12-16,18-19,26-27H,3-11H2,1-2H3,(H,29,35)(H,38,39)/t13-,14?,15+,16+,18-,19-/m1/s1. The average molecular weight is 574 g/mol. The van der Waals surface area contributed by atoms with Crippen LogP contribution in [0.4, 0.5) is 0 Å². The summed E-state index contributed by atoms with van der Waals surface area (Å²) in [6, 6.07) is -1.13. The van der Waals surface area contributed by atoms with E-state index < -0.39 is 17.9 Å². The van der Waals surface area contributed by atoms with Crippen molar-refractivity contribution in [2.24, 2.45) is 11.8 Å². The second-order valence-corrected chi connectivity index (χ2v) is 13.0. The van der Waals surface area contributed by atoms with Crippen molar-refractivity contribution >= 4 is 35.5 Å². The zero-order chi connectivity index (χ0) is 28.2. The van der Waals surface area contributed by atoms with Gasteiger partial charge < -0.3 is 30.9 Å². The number of rotatable bonds is 8. The number of hydrogen-bond donors (Lipinski definition) is 4. The van der Waals surface area contributed by atoms with E-state index in [2.05, 4.69) is 31.5 Å². The van der Waals surface area contributed by atoms with Gasteiger partial charge in [0.05, 0.1) is 18.0 Å². The number of carbonyl (C=O) groups is 4. The highest BCUT2D eigenvalue weighted by atomic mass is 32.2. The van der Waals surface area contributed by atoms with E-state index in [4.69, 9.17) is 0 Å². The summed E-state index contributed by atoms with van der Waals surface area (Å²) in [6.07, 6.45) is 5.09. The Bertz CT molecular complexity index is 1230. The van der Waals surface area contributed by atoms with Gasteiger partial charge in [0, 0.05) is 47.3 Å². The van der Waals surface area contributed by atoms with Crippen molar-refractivity contribution in [3.05, 3.63) is 16.9 Å². The fourth-order valence-corrected chi connectivity index (χ4v) is 8.41. The van der Waals surface area contributed by atoms with Gasteiger partial charge in [-0.1, -0.05) is 6.92 Å². The van der Waals surface area contributed by atoms with Gasteiger partial charge in [0.25, 0.3) is 0 Å². The minimum absolute atomic E-state index is 0.0193. The molecule has 6 rings (SSSR count). The topological polar surface area (TPSA) is 175 Å². The Morgan fingerprint density at radius 2 is 2.02 bits per heavy atom. The number of piperidine rings is 1. The van der Waals surface area contributed by atoms with Crippen LogP contribution in [-0.4, -0.2) is 114 Å². The normalized spacial score (nSPS) is 31.6. The number of tetrazole rings is 1. The van der Waals surface area contributed by atoms with Gasteiger partial charge >= 0.3 is 5.97 Å². The van der Waals surface area contributed by atoms with Gasteiger partial charge in [-0.05, 0) is 49.6 Å². The van der Waals surface area contributed by atoms with Crippen LogP contribution in [0.15, 0.2) is 16.9 Å². The second kappa shape index (κ2) is 10.4. The minimum Gasteiger partial charge on any atom is -0.477 e. The van der Waals surface area contributed by atoms with E-state index in [1.54, 1.807) is 6.92 Å². The third-order valence-corrected chi connectivity index (χ3v) is 10.7. The molecule has 1 aromatic heterocycles. The van der Waals surface area contributed by atoms with E-state index in [9.17, 15) is 24.3 Å². The Hall–Kier alpha value is -3.04. The highest BCUT2D eigenvalue weighted by Gasteiger charge is 2.60. The first-order valence-electron chi connectivity index (χ1n) is 13.9. The maximum Gasteiger partial charge on any atom is 0.353 e. The van der Waals surface area contributed by atoms with Crippen molar-refractivity contribution in [2.45, 2.75) is 75.0 Å². The van der Waals surface area contributed by atoms with Gasteiger partial charge in [-0.25, -0.2) is 9.48 Å². The lowest BCUT2D eigenvalue weighted by molar-refractivity contribution is -0.158. The van der Waals surface area contributed by atoms with Crippen LogP contribution in [0, 0.1) is 11.8 Å². The van der Waals surface area contributed by atoms with E-state index in [1.165, 1.54) is 34.1 Å². The number of likely N-dealkylation sites (tertiary alicyclic amines) is 1. The van der Waals surface area contributed by atoms with Gasteiger partial charge in [-0.3, -0.25) is 14.4 Å². The molecule has 0 bridgehead atoms. The number of carboxylic acids is 1. The molecule has 4 N–H and O–H groups in total. The molecule has 14 nitrogen and oxygen atoms in total. The molecule has 6 atom stereocenters. The van der Waals surface area contributed by atoms with Gasteiger partial charge in [0.2, 0.25) is 17.7 Å². The first-order valence-corrected chi connectivity index (χ1v) is 14.8. The Labute approximate surface area is 235 Å². The fraction of sp³-hybridized carbons (Fsp3) is 0.720. The van der Waals surface area contributed by atoms with Crippen LogP contribution < -0.4 is 16.0 Å². The molecule has 15 heteroatoms. The van der Waals surface area contributed by atoms with Crippen LogP contribution in [0.5, 0.6) is 0 Å². The maximum atomic E-state index is 13.2. The monoisotopic (exact) mass is 573 g/mol. The molecule has 4 saturated heterocycles. The Balaban J connectivity index is 1.07. The van der Waals surface area contributed by atoms with Crippen LogP contribution in [-0.2, 0) is 25.7 Å². The van der Waals surface area contributed by atoms with Crippen molar-refractivity contribution in [1.29, 1.82) is 0 Å². The molecule has 4 fully saturated rings. The van der Waals surface area contributed by atoms with E-state index in [1.807, 2.05) is 11.8 Å². The molecule has 6 heterocycles. The van der Waals surface area contributed by atoms with Crippen molar-refractivity contribution in [3.8, 4) is 0 Å². The predicted octanol–water partition coefficient (Wildman–Crippen LogP) is -1.23. The van der Waals surface area contributed by atoms with Crippen LogP contribution in [0.1, 0.15) is 39.5 Å². The van der Waals surface area contributed by atoms with Crippen molar-refractivity contribution < 1.29 is 24.3 Å². The number of aliphatic carboxylic acids is 1. The molecule has 0 saturated carbocycles. The fourth-order valence-electron chi connectivity index (χ4n) is 6.93. The molecule has 3 amide bonds. The molecular weight excluding hydrogens is 538 g/mol. The van der Waals surface area contributed by atoms with Crippen molar-refractivity contribution in [1.82, 2.24) is 46.0 Å². The maximum absolute atomic E-state index is 13.2. The number of nitrogens with one attached hydrogen (secondary N) is 3. The van der Waals surface area contributed by atoms with Crippen molar-refractivity contribution in [3.63, 3.8) is 0 Å². The van der Waals surface area contributed by atoms with E-state index in [0.29, 0.717) is 17.9 Å². The molecule has 0 aliphatic carbocycles. The van der Waals surface area contributed by atoms with E-state index in [-0.39, 0.29) is 58.8 Å². The molecule has 5 aliphatic rings. The van der Waals surface area contributed by atoms with Gasteiger partial charge in [-0.2, -0.15) is 0 Å². The van der Waals surface area contributed by atoms with Crippen LogP contribution >= 0.6 is 11.8 Å². The summed E-state index contributed by atoms with van der Waals surface area (Å²) >= 11 is 1.47. The summed E-state index contributed by atoms with van der Waals surface area (Å²) in [5, 5.41) is 30.5. The number of β-lactam (4-membered cyclic amide) rings is 1. The number of thioether (sulfide) groups is 1. The summed E-state index contributed by atoms with van der Waals surface area (Å²) in [5.41, 5.74) is 0.260. The summed E-state index contributed by atoms with van der Waals surface area (Å²) in [5.74, 6) is -2.40. The molecule has 1 unspecified atom stereocenters. The van der Waals surface area contributed by atoms with E-state index >= 15 is 0 Å². The largest absolute Gasteiger partial charge is 0.477 e. The summed E-state index contributed by atoms with van der Waals surface area (Å²) in [4.78, 5) is 55.2. The lowest BCUT2D eigenvalue weighted by Crippen LogP contribution is -2.66. The number of aromatic nitrogens is 4. The van der Waals surface area contributed by atoms with Gasteiger partial charge in [0.1, 0.15) is 18.6 Å². The lowest BCUT2D eigenvalue weighted by Gasteiger charge is -2.49. The van der Waals surface area contributed by atoms with Gasteiger partial charge in [-0.15, -0.1) is 16.9 Å².